The van der Waals surface area contributed by atoms with Gasteiger partial charge >= 0.3 is 0 Å². The van der Waals surface area contributed by atoms with Crippen LogP contribution in [-0.4, -0.2) is 21.6 Å². The number of aromatic amines is 1. The number of thioether (sulfide) groups is 1. The molecule has 2 N–H and O–H groups in total. The number of nitrogens with one attached hydrogen (secondary N) is 2. The molecule has 24 heavy (non-hydrogen) atoms. The van der Waals surface area contributed by atoms with E-state index in [1.165, 1.54) is 0 Å². The molecule has 3 rings (SSSR count). The molecular weight excluding hydrogens is 363 g/mol. The lowest BCUT2D eigenvalue weighted by Crippen LogP contribution is -2.16. The molecule has 4 nitrogen and oxygen atoms in total. The summed E-state index contributed by atoms with van der Waals surface area (Å²) in [7, 11) is 0. The molecule has 9 heteroatoms. The van der Waals surface area contributed by atoms with E-state index in [0.29, 0.717) is 15.7 Å². The zero-order valence-electron chi connectivity index (χ0n) is 11.9. The maximum absolute atomic E-state index is 13.5. The molecule has 1 heterocycles. The van der Waals surface area contributed by atoms with Gasteiger partial charge in [0.05, 0.1) is 22.5 Å². The first kappa shape index (κ1) is 16.7. The van der Waals surface area contributed by atoms with Crippen molar-refractivity contribution >= 4 is 46.0 Å². The highest BCUT2D eigenvalue weighted by Crippen LogP contribution is 2.23. The molecule has 0 unspecified atom stereocenters. The number of hydrogen-bond donors (Lipinski definition) is 2. The number of hydrogen-bond acceptors (Lipinski definition) is 3. The molecular formula is C15H9ClF3N3OS. The molecule has 3 aromatic rings. The number of H-pyrrole nitrogens is 1. The van der Waals surface area contributed by atoms with E-state index in [2.05, 4.69) is 15.3 Å². The Hall–Kier alpha value is -2.19. The highest BCUT2D eigenvalue weighted by Gasteiger charge is 2.15. The number of imidazole rings is 1. The van der Waals surface area contributed by atoms with Crippen molar-refractivity contribution in [1.29, 1.82) is 0 Å². The second-order valence-electron chi connectivity index (χ2n) is 4.76. The molecule has 0 aliphatic rings. The Bertz CT molecular complexity index is 932. The number of aromatic nitrogens is 2. The fourth-order valence-electron chi connectivity index (χ4n) is 1.97. The van der Waals surface area contributed by atoms with E-state index in [-0.39, 0.29) is 5.75 Å². The summed E-state index contributed by atoms with van der Waals surface area (Å²) >= 11 is 6.95. The van der Waals surface area contributed by atoms with Gasteiger partial charge < -0.3 is 10.3 Å². The average Bonchev–Trinajstić information content (AvgIpc) is 2.95. The van der Waals surface area contributed by atoms with Crippen LogP contribution in [0, 0.1) is 17.5 Å². The summed E-state index contributed by atoms with van der Waals surface area (Å²) in [6.07, 6.45) is 0. The lowest BCUT2D eigenvalue weighted by Gasteiger charge is -2.06. The van der Waals surface area contributed by atoms with Gasteiger partial charge in [-0.2, -0.15) is 0 Å². The van der Waals surface area contributed by atoms with Crippen LogP contribution in [0.3, 0.4) is 0 Å². The lowest BCUT2D eigenvalue weighted by molar-refractivity contribution is -0.113. The number of carbonyl (C=O) groups is 1. The number of fused-ring (bicyclic) bond motifs is 1. The van der Waals surface area contributed by atoms with E-state index in [4.69, 9.17) is 11.6 Å². The first-order chi connectivity index (χ1) is 11.4. The third kappa shape index (κ3) is 3.49. The number of halogens is 4. The maximum Gasteiger partial charge on any atom is 0.234 e. The molecule has 0 aliphatic heterocycles. The summed E-state index contributed by atoms with van der Waals surface area (Å²) in [4.78, 5) is 19.1. The van der Waals surface area contributed by atoms with E-state index in [0.717, 1.165) is 29.4 Å². The highest BCUT2D eigenvalue weighted by atomic mass is 35.5. The minimum atomic E-state index is -1.63. The van der Waals surface area contributed by atoms with Gasteiger partial charge in [0.25, 0.3) is 0 Å². The monoisotopic (exact) mass is 371 g/mol. The van der Waals surface area contributed by atoms with Gasteiger partial charge in [0.2, 0.25) is 5.91 Å². The standard InChI is InChI=1S/C15H9ClF3N3OS/c16-7-1-3-9-11(5-7)22-15(21-9)24-6-12(23)20-10-4-2-8(17)13(18)14(10)19/h1-5H,6H2,(H,20,23)(H,21,22). The second kappa shape index (κ2) is 6.74. The Morgan fingerprint density at radius 3 is 2.79 bits per heavy atom. The summed E-state index contributed by atoms with van der Waals surface area (Å²) in [5, 5.41) is 3.22. The summed E-state index contributed by atoms with van der Waals surface area (Å²) < 4.78 is 39.4. The number of amides is 1. The van der Waals surface area contributed by atoms with Crippen molar-refractivity contribution < 1.29 is 18.0 Å². The zero-order chi connectivity index (χ0) is 17.3. The third-order valence-corrected chi connectivity index (χ3v) is 4.18. The van der Waals surface area contributed by atoms with Crippen LogP contribution in [0.2, 0.25) is 5.02 Å². The SMILES string of the molecule is O=C(CSc1nc2ccc(Cl)cc2[nH]1)Nc1ccc(F)c(F)c1F. The molecule has 124 valence electrons. The Morgan fingerprint density at radius 1 is 1.21 bits per heavy atom. The number of rotatable bonds is 4. The fraction of sp³-hybridized carbons (Fsp3) is 0.0667. The molecule has 0 aliphatic carbocycles. The molecule has 2 aromatic carbocycles. The predicted octanol–water partition coefficient (Wildman–Crippen LogP) is 4.36. The molecule has 0 fully saturated rings. The molecule has 0 spiro atoms. The molecule has 0 saturated heterocycles. The molecule has 1 aromatic heterocycles. The number of benzene rings is 2. The van der Waals surface area contributed by atoms with Gasteiger partial charge in [0.1, 0.15) is 0 Å². The minimum Gasteiger partial charge on any atom is -0.333 e. The van der Waals surface area contributed by atoms with Gasteiger partial charge in [-0.1, -0.05) is 23.4 Å². The van der Waals surface area contributed by atoms with Crippen molar-refractivity contribution in [1.82, 2.24) is 9.97 Å². The average molecular weight is 372 g/mol. The van der Waals surface area contributed by atoms with Gasteiger partial charge in [-0.05, 0) is 30.3 Å². The van der Waals surface area contributed by atoms with E-state index in [1.54, 1.807) is 18.2 Å². The van der Waals surface area contributed by atoms with Crippen molar-refractivity contribution in [3.8, 4) is 0 Å². The Balaban J connectivity index is 1.65. The topological polar surface area (TPSA) is 57.8 Å². The van der Waals surface area contributed by atoms with Crippen LogP contribution < -0.4 is 5.32 Å². The van der Waals surface area contributed by atoms with Gasteiger partial charge in [-0.15, -0.1) is 0 Å². The summed E-state index contributed by atoms with van der Waals surface area (Å²) in [5.41, 5.74) is 0.988. The van der Waals surface area contributed by atoms with Crippen molar-refractivity contribution in [2.45, 2.75) is 5.16 Å². The zero-order valence-corrected chi connectivity index (χ0v) is 13.4. The second-order valence-corrected chi connectivity index (χ2v) is 6.16. The number of carbonyl (C=O) groups excluding carboxylic acids is 1. The molecule has 1 amide bonds. The molecule has 0 radical (unpaired) electrons. The van der Waals surface area contributed by atoms with Crippen LogP contribution in [0.5, 0.6) is 0 Å². The Morgan fingerprint density at radius 2 is 2.00 bits per heavy atom. The normalized spacial score (nSPS) is 11.0. The van der Waals surface area contributed by atoms with E-state index >= 15 is 0 Å². The minimum absolute atomic E-state index is 0.0913. The van der Waals surface area contributed by atoms with Crippen LogP contribution >= 0.6 is 23.4 Å². The van der Waals surface area contributed by atoms with Crippen LogP contribution in [0.4, 0.5) is 18.9 Å². The largest absolute Gasteiger partial charge is 0.333 e. The Labute approximate surface area is 143 Å². The predicted molar refractivity (Wildman–Crippen MR) is 86.8 cm³/mol. The highest BCUT2D eigenvalue weighted by molar-refractivity contribution is 7.99. The first-order valence-corrected chi connectivity index (χ1v) is 8.02. The van der Waals surface area contributed by atoms with Crippen LogP contribution in [0.25, 0.3) is 11.0 Å². The van der Waals surface area contributed by atoms with E-state index < -0.39 is 29.0 Å². The molecule has 0 atom stereocenters. The Kier molecular flexibility index (Phi) is 4.68. The first-order valence-electron chi connectivity index (χ1n) is 6.65. The van der Waals surface area contributed by atoms with Gasteiger partial charge in [0.15, 0.2) is 22.6 Å². The van der Waals surface area contributed by atoms with Gasteiger partial charge in [-0.3, -0.25) is 4.79 Å². The van der Waals surface area contributed by atoms with Crippen LogP contribution in [0.1, 0.15) is 0 Å². The van der Waals surface area contributed by atoms with Crippen LogP contribution in [0.15, 0.2) is 35.5 Å². The molecule has 0 saturated carbocycles. The summed E-state index contributed by atoms with van der Waals surface area (Å²) in [5.74, 6) is -5.06. The number of anilines is 1. The van der Waals surface area contributed by atoms with Gasteiger partial charge in [0, 0.05) is 5.02 Å². The van der Waals surface area contributed by atoms with Crippen molar-refractivity contribution in [3.05, 3.63) is 52.8 Å². The van der Waals surface area contributed by atoms with E-state index in [9.17, 15) is 18.0 Å². The van der Waals surface area contributed by atoms with Gasteiger partial charge in [-0.25, -0.2) is 18.2 Å². The van der Waals surface area contributed by atoms with Crippen molar-refractivity contribution in [2.24, 2.45) is 0 Å². The maximum atomic E-state index is 13.5. The quantitative estimate of drug-likeness (QED) is 0.529. The smallest absolute Gasteiger partial charge is 0.234 e. The van der Waals surface area contributed by atoms with Crippen molar-refractivity contribution in [3.63, 3.8) is 0 Å². The number of nitrogens with zero attached hydrogens (tertiary/aromatic N) is 1. The van der Waals surface area contributed by atoms with Crippen LogP contribution in [-0.2, 0) is 4.79 Å². The summed E-state index contributed by atoms with van der Waals surface area (Å²) in [6, 6.07) is 6.82. The van der Waals surface area contributed by atoms with E-state index in [1.807, 2.05) is 0 Å². The molecule has 0 bridgehead atoms. The van der Waals surface area contributed by atoms with Crippen molar-refractivity contribution in [2.75, 3.05) is 11.1 Å². The lowest BCUT2D eigenvalue weighted by atomic mass is 10.3. The summed E-state index contributed by atoms with van der Waals surface area (Å²) in [6.45, 7) is 0. The fourth-order valence-corrected chi connectivity index (χ4v) is 2.83. The third-order valence-electron chi connectivity index (χ3n) is 3.07.